The zero-order valence-electron chi connectivity index (χ0n) is 19.7. The van der Waals surface area contributed by atoms with E-state index in [0.717, 1.165) is 62.3 Å². The second-order valence-electron chi connectivity index (χ2n) is 9.05. The van der Waals surface area contributed by atoms with Crippen LogP contribution >= 0.6 is 0 Å². The Labute approximate surface area is 197 Å². The molecule has 1 aliphatic heterocycles. The summed E-state index contributed by atoms with van der Waals surface area (Å²) in [6.45, 7) is 6.59. The first-order valence-corrected chi connectivity index (χ1v) is 11.9. The molecule has 0 spiro atoms. The minimum atomic E-state index is -4.69. The summed E-state index contributed by atoms with van der Waals surface area (Å²) < 4.78 is 43.0. The molecule has 2 aliphatic rings. The first-order valence-electron chi connectivity index (χ1n) is 11.9. The fourth-order valence-electron chi connectivity index (χ4n) is 4.77. The largest absolute Gasteiger partial charge is 0.573 e. The minimum Gasteiger partial charge on any atom is -0.406 e. The summed E-state index contributed by atoms with van der Waals surface area (Å²) in [4.78, 5) is 17.6. The van der Waals surface area contributed by atoms with E-state index < -0.39 is 6.36 Å². The number of carbonyl (C=O) groups is 1. The third-order valence-corrected chi connectivity index (χ3v) is 6.61. The maximum Gasteiger partial charge on any atom is 0.573 e. The Kier molecular flexibility index (Phi) is 7.47. The normalized spacial score (nSPS) is 19.6. The number of rotatable bonds is 6. The van der Waals surface area contributed by atoms with E-state index in [2.05, 4.69) is 22.0 Å². The van der Waals surface area contributed by atoms with Crippen LogP contribution in [-0.2, 0) is 25.9 Å². The predicted molar refractivity (Wildman–Crippen MR) is 122 cm³/mol. The van der Waals surface area contributed by atoms with Gasteiger partial charge >= 0.3 is 6.36 Å². The van der Waals surface area contributed by atoms with Gasteiger partial charge in [-0.1, -0.05) is 12.1 Å². The van der Waals surface area contributed by atoms with Crippen LogP contribution in [0.3, 0.4) is 0 Å². The predicted octanol–water partition coefficient (Wildman–Crippen LogP) is 3.23. The number of carbonyl (C=O) groups excluding carboxylic acids is 1. The SMILES string of the molecule is CCn1nc(C(=O)N2CCCN(C)CC2)c2c1CCC(NCc1ccc(OC(F)(F)F)cc1)C2. The van der Waals surface area contributed by atoms with Crippen molar-refractivity contribution >= 4 is 5.91 Å². The molecule has 0 saturated carbocycles. The Morgan fingerprint density at radius 1 is 1.18 bits per heavy atom. The molecule has 1 amide bonds. The number of benzene rings is 1. The van der Waals surface area contributed by atoms with Crippen LogP contribution in [0.5, 0.6) is 5.75 Å². The summed E-state index contributed by atoms with van der Waals surface area (Å²) in [6.07, 6.45) is -1.28. The topological polar surface area (TPSA) is 62.6 Å². The van der Waals surface area contributed by atoms with Crippen molar-refractivity contribution in [2.24, 2.45) is 0 Å². The van der Waals surface area contributed by atoms with E-state index in [9.17, 15) is 18.0 Å². The van der Waals surface area contributed by atoms with Crippen molar-refractivity contribution in [1.82, 2.24) is 24.9 Å². The quantitative estimate of drug-likeness (QED) is 0.690. The summed E-state index contributed by atoms with van der Waals surface area (Å²) in [5.41, 5.74) is 3.61. The summed E-state index contributed by atoms with van der Waals surface area (Å²) >= 11 is 0. The molecule has 4 rings (SSSR count). The van der Waals surface area contributed by atoms with Gasteiger partial charge in [-0.05, 0) is 63.9 Å². The van der Waals surface area contributed by atoms with Crippen molar-refractivity contribution in [3.05, 3.63) is 46.8 Å². The fourth-order valence-corrected chi connectivity index (χ4v) is 4.77. The standard InChI is InChI=1S/C24H32F3N5O2/c1-3-32-21-10-7-18(28-16-17-5-8-19(9-6-17)34-24(25,26)27)15-20(21)22(29-32)23(33)31-12-4-11-30(2)13-14-31/h5-6,8-9,18,28H,3-4,7,10-16H2,1-2H3. The molecule has 1 N–H and O–H groups in total. The number of ether oxygens (including phenoxy) is 1. The van der Waals surface area contributed by atoms with E-state index in [1.54, 1.807) is 12.1 Å². The van der Waals surface area contributed by atoms with Crippen LogP contribution in [0.15, 0.2) is 24.3 Å². The number of nitrogens with one attached hydrogen (secondary N) is 1. The maximum atomic E-state index is 13.4. The number of hydrogen-bond acceptors (Lipinski definition) is 5. The molecule has 2 aromatic rings. The van der Waals surface area contributed by atoms with Gasteiger partial charge in [0.25, 0.3) is 5.91 Å². The van der Waals surface area contributed by atoms with Gasteiger partial charge in [0.1, 0.15) is 5.75 Å². The number of amides is 1. The summed E-state index contributed by atoms with van der Waals surface area (Å²) in [5.74, 6) is -0.215. The molecule has 1 unspecified atom stereocenters. The third kappa shape index (κ3) is 5.90. The lowest BCUT2D eigenvalue weighted by atomic mass is 9.91. The smallest absolute Gasteiger partial charge is 0.406 e. The van der Waals surface area contributed by atoms with E-state index in [-0.39, 0.29) is 17.7 Å². The van der Waals surface area contributed by atoms with Crippen LogP contribution in [-0.4, -0.2) is 71.1 Å². The molecule has 186 valence electrons. The highest BCUT2D eigenvalue weighted by atomic mass is 19.4. The first-order chi connectivity index (χ1) is 16.2. The molecule has 1 saturated heterocycles. The van der Waals surface area contributed by atoms with Crippen LogP contribution in [0.2, 0.25) is 0 Å². The van der Waals surface area contributed by atoms with E-state index in [0.29, 0.717) is 25.2 Å². The highest BCUT2D eigenvalue weighted by molar-refractivity contribution is 5.94. The second-order valence-corrected chi connectivity index (χ2v) is 9.05. The fraction of sp³-hybridized carbons (Fsp3) is 0.583. The summed E-state index contributed by atoms with van der Waals surface area (Å²) in [7, 11) is 2.08. The van der Waals surface area contributed by atoms with Gasteiger partial charge in [-0.3, -0.25) is 9.48 Å². The maximum absolute atomic E-state index is 13.4. The van der Waals surface area contributed by atoms with Crippen molar-refractivity contribution in [3.63, 3.8) is 0 Å². The molecule has 1 aromatic carbocycles. The summed E-state index contributed by atoms with van der Waals surface area (Å²) in [6, 6.07) is 6.06. The monoisotopic (exact) mass is 479 g/mol. The average Bonchev–Trinajstić information content (AvgIpc) is 3.02. The zero-order chi connectivity index (χ0) is 24.3. The Hall–Kier alpha value is -2.59. The van der Waals surface area contributed by atoms with Gasteiger partial charge in [0.15, 0.2) is 5.69 Å². The number of aromatic nitrogens is 2. The number of fused-ring (bicyclic) bond motifs is 1. The molecule has 34 heavy (non-hydrogen) atoms. The van der Waals surface area contributed by atoms with Crippen molar-refractivity contribution in [2.45, 2.75) is 58.1 Å². The van der Waals surface area contributed by atoms with Crippen LogP contribution < -0.4 is 10.1 Å². The Balaban J connectivity index is 1.42. The average molecular weight is 480 g/mol. The van der Waals surface area contributed by atoms with E-state index in [1.807, 2.05) is 16.5 Å². The van der Waals surface area contributed by atoms with Crippen molar-refractivity contribution in [2.75, 3.05) is 33.2 Å². The van der Waals surface area contributed by atoms with Gasteiger partial charge in [0, 0.05) is 50.0 Å². The number of likely N-dealkylation sites (N-methyl/N-ethyl adjacent to an activating group) is 1. The van der Waals surface area contributed by atoms with Crippen LogP contribution in [0, 0.1) is 0 Å². The molecule has 1 aliphatic carbocycles. The zero-order valence-corrected chi connectivity index (χ0v) is 19.7. The number of halogens is 3. The van der Waals surface area contributed by atoms with Gasteiger partial charge in [-0.15, -0.1) is 13.2 Å². The van der Waals surface area contributed by atoms with Gasteiger partial charge in [-0.25, -0.2) is 0 Å². The van der Waals surface area contributed by atoms with E-state index in [1.165, 1.54) is 12.1 Å². The highest BCUT2D eigenvalue weighted by Crippen LogP contribution is 2.27. The van der Waals surface area contributed by atoms with Crippen molar-refractivity contribution < 1.29 is 22.7 Å². The first kappa shape index (κ1) is 24.5. The lowest BCUT2D eigenvalue weighted by Gasteiger charge is -2.25. The lowest BCUT2D eigenvalue weighted by Crippen LogP contribution is -2.37. The van der Waals surface area contributed by atoms with Crippen molar-refractivity contribution in [1.29, 1.82) is 0 Å². The number of alkyl halides is 3. The Morgan fingerprint density at radius 3 is 2.65 bits per heavy atom. The number of hydrogen-bond donors (Lipinski definition) is 1. The molecule has 2 heterocycles. The van der Waals surface area contributed by atoms with Crippen LogP contribution in [0.25, 0.3) is 0 Å². The molecular weight excluding hydrogens is 447 g/mol. The van der Waals surface area contributed by atoms with Crippen LogP contribution in [0.4, 0.5) is 13.2 Å². The third-order valence-electron chi connectivity index (χ3n) is 6.61. The Bertz CT molecular complexity index is 990. The number of nitrogens with zero attached hydrogens (tertiary/aromatic N) is 4. The molecule has 1 fully saturated rings. The lowest BCUT2D eigenvalue weighted by molar-refractivity contribution is -0.274. The summed E-state index contributed by atoms with van der Waals surface area (Å²) in [5, 5.41) is 8.21. The number of aryl methyl sites for hydroxylation is 1. The molecule has 0 bridgehead atoms. The van der Waals surface area contributed by atoms with E-state index in [4.69, 9.17) is 5.10 Å². The van der Waals surface area contributed by atoms with Gasteiger partial charge in [0.05, 0.1) is 0 Å². The van der Waals surface area contributed by atoms with Gasteiger partial charge in [-0.2, -0.15) is 5.10 Å². The molecule has 0 radical (unpaired) electrons. The molecule has 10 heteroatoms. The molecular formula is C24H32F3N5O2. The minimum absolute atomic E-state index is 0.0136. The molecule has 7 nitrogen and oxygen atoms in total. The van der Waals surface area contributed by atoms with Gasteiger partial charge < -0.3 is 19.9 Å². The molecule has 1 atom stereocenters. The van der Waals surface area contributed by atoms with Crippen LogP contribution in [0.1, 0.15) is 47.1 Å². The van der Waals surface area contributed by atoms with Gasteiger partial charge in [0.2, 0.25) is 0 Å². The highest BCUT2D eigenvalue weighted by Gasteiger charge is 2.32. The molecule has 1 aromatic heterocycles. The van der Waals surface area contributed by atoms with Crippen molar-refractivity contribution in [3.8, 4) is 5.75 Å². The second kappa shape index (κ2) is 10.4. The van der Waals surface area contributed by atoms with E-state index >= 15 is 0 Å². The Morgan fingerprint density at radius 2 is 1.94 bits per heavy atom.